The number of phenolic OH excluding ortho intramolecular Hbond substituents is 1. The van der Waals surface area contributed by atoms with Gasteiger partial charge < -0.3 is 19.9 Å². The van der Waals surface area contributed by atoms with E-state index in [0.29, 0.717) is 41.0 Å². The molecule has 32 heavy (non-hydrogen) atoms. The summed E-state index contributed by atoms with van der Waals surface area (Å²) < 4.78 is 11.6. The molecule has 0 unspecified atom stereocenters. The first-order chi connectivity index (χ1) is 15.5. The zero-order valence-electron chi connectivity index (χ0n) is 17.3. The predicted octanol–water partition coefficient (Wildman–Crippen LogP) is 5.57. The van der Waals surface area contributed by atoms with E-state index in [9.17, 15) is 15.2 Å². The third-order valence-corrected chi connectivity index (χ3v) is 4.63. The lowest BCUT2D eigenvalue weighted by Gasteiger charge is -2.13. The first kappa shape index (κ1) is 22.7. The number of nitriles is 1. The Morgan fingerprint density at radius 1 is 1.06 bits per heavy atom. The van der Waals surface area contributed by atoms with Crippen molar-refractivity contribution in [3.05, 3.63) is 88.5 Å². The summed E-state index contributed by atoms with van der Waals surface area (Å²) in [5.74, 6) is 0.581. The second-order valence-electron chi connectivity index (χ2n) is 6.73. The average molecular weight is 449 g/mol. The lowest BCUT2D eigenvalue weighted by Crippen LogP contribution is -2.13. The molecule has 0 saturated heterocycles. The van der Waals surface area contributed by atoms with Gasteiger partial charge in [-0.1, -0.05) is 29.8 Å². The Kier molecular flexibility index (Phi) is 7.74. The van der Waals surface area contributed by atoms with E-state index in [1.165, 1.54) is 18.2 Å². The molecule has 0 aliphatic rings. The molecule has 7 heteroatoms. The van der Waals surface area contributed by atoms with Gasteiger partial charge in [-0.2, -0.15) is 5.26 Å². The number of carbonyl (C=O) groups excluding carboxylic acids is 1. The van der Waals surface area contributed by atoms with Crippen molar-refractivity contribution in [3.8, 4) is 23.3 Å². The van der Waals surface area contributed by atoms with Crippen LogP contribution in [0.3, 0.4) is 0 Å². The zero-order chi connectivity index (χ0) is 22.9. The molecule has 0 bridgehead atoms. The van der Waals surface area contributed by atoms with E-state index < -0.39 is 5.91 Å². The number of hydrogen-bond donors (Lipinski definition) is 2. The summed E-state index contributed by atoms with van der Waals surface area (Å²) in [6.07, 6.45) is 1.47. The molecule has 162 valence electrons. The number of ether oxygens (including phenoxy) is 2. The van der Waals surface area contributed by atoms with Crippen molar-refractivity contribution in [2.45, 2.75) is 13.5 Å². The van der Waals surface area contributed by atoms with Gasteiger partial charge in [0.1, 0.15) is 24.0 Å². The van der Waals surface area contributed by atoms with Gasteiger partial charge in [-0.15, -0.1) is 0 Å². The highest BCUT2D eigenvalue weighted by Gasteiger charge is 2.12. The summed E-state index contributed by atoms with van der Waals surface area (Å²) in [5.41, 5.74) is 1.97. The van der Waals surface area contributed by atoms with Crippen molar-refractivity contribution in [2.24, 2.45) is 0 Å². The maximum atomic E-state index is 12.5. The maximum absolute atomic E-state index is 12.5. The second kappa shape index (κ2) is 10.9. The number of nitrogens with one attached hydrogen (secondary N) is 1. The van der Waals surface area contributed by atoms with Gasteiger partial charge in [-0.25, -0.2) is 0 Å². The smallest absolute Gasteiger partial charge is 0.266 e. The highest BCUT2D eigenvalue weighted by molar-refractivity contribution is 6.30. The number of carbonyl (C=O) groups is 1. The summed E-state index contributed by atoms with van der Waals surface area (Å²) in [7, 11) is 0. The lowest BCUT2D eigenvalue weighted by molar-refractivity contribution is -0.112. The van der Waals surface area contributed by atoms with E-state index in [0.717, 1.165) is 5.56 Å². The minimum atomic E-state index is -0.556. The van der Waals surface area contributed by atoms with Crippen LogP contribution in [0.15, 0.2) is 72.3 Å². The van der Waals surface area contributed by atoms with Gasteiger partial charge in [0.25, 0.3) is 5.91 Å². The number of benzene rings is 3. The van der Waals surface area contributed by atoms with Gasteiger partial charge in [0.15, 0.2) is 11.5 Å². The van der Waals surface area contributed by atoms with E-state index in [1.807, 2.05) is 25.1 Å². The summed E-state index contributed by atoms with van der Waals surface area (Å²) in [5, 5.41) is 22.1. The molecule has 0 heterocycles. The van der Waals surface area contributed by atoms with Crippen LogP contribution in [0.2, 0.25) is 5.02 Å². The molecule has 3 aromatic carbocycles. The minimum Gasteiger partial charge on any atom is -0.508 e. The number of aromatic hydroxyl groups is 1. The Morgan fingerprint density at radius 2 is 1.78 bits per heavy atom. The van der Waals surface area contributed by atoms with E-state index >= 15 is 0 Å². The second-order valence-corrected chi connectivity index (χ2v) is 7.16. The van der Waals surface area contributed by atoms with Crippen LogP contribution in [-0.2, 0) is 11.4 Å². The molecular weight excluding hydrogens is 428 g/mol. The fourth-order valence-corrected chi connectivity index (χ4v) is 2.93. The molecule has 0 atom stereocenters. The molecule has 3 aromatic rings. The fraction of sp³-hybridized carbons (Fsp3) is 0.120. The standard InChI is InChI=1S/C25H21ClN2O4/c1-2-31-24-14-18(5-12-23(24)32-16-17-3-6-20(26)7-4-17)13-19(15-27)25(30)28-21-8-10-22(29)11-9-21/h3-14,29H,2,16H2,1H3,(H,28,30)/b19-13-. The lowest BCUT2D eigenvalue weighted by atomic mass is 10.1. The number of nitrogens with zero attached hydrogens (tertiary/aromatic N) is 1. The van der Waals surface area contributed by atoms with Crippen LogP contribution < -0.4 is 14.8 Å². The van der Waals surface area contributed by atoms with Crippen molar-refractivity contribution in [1.29, 1.82) is 5.26 Å². The summed E-state index contributed by atoms with van der Waals surface area (Å²) in [4.78, 5) is 12.5. The first-order valence-corrected chi connectivity index (χ1v) is 10.2. The fourth-order valence-electron chi connectivity index (χ4n) is 2.80. The predicted molar refractivity (Wildman–Crippen MR) is 124 cm³/mol. The molecule has 1 amide bonds. The Hall–Kier alpha value is -3.95. The Labute approximate surface area is 191 Å². The van der Waals surface area contributed by atoms with Crippen LogP contribution in [0.25, 0.3) is 6.08 Å². The Bertz CT molecular complexity index is 1150. The van der Waals surface area contributed by atoms with Crippen LogP contribution in [0.4, 0.5) is 5.69 Å². The van der Waals surface area contributed by atoms with E-state index in [4.69, 9.17) is 21.1 Å². The molecule has 3 rings (SSSR count). The van der Waals surface area contributed by atoms with Gasteiger partial charge >= 0.3 is 0 Å². The molecule has 0 spiro atoms. The summed E-state index contributed by atoms with van der Waals surface area (Å²) in [6.45, 7) is 2.62. The maximum Gasteiger partial charge on any atom is 0.266 e. The minimum absolute atomic E-state index is 0.0737. The van der Waals surface area contributed by atoms with E-state index in [2.05, 4.69) is 5.32 Å². The molecule has 0 aliphatic carbocycles. The normalized spacial score (nSPS) is 10.8. The van der Waals surface area contributed by atoms with E-state index in [-0.39, 0.29) is 11.3 Å². The van der Waals surface area contributed by atoms with Crippen molar-refractivity contribution in [2.75, 3.05) is 11.9 Å². The van der Waals surface area contributed by atoms with Crippen molar-refractivity contribution in [3.63, 3.8) is 0 Å². The zero-order valence-corrected chi connectivity index (χ0v) is 18.1. The number of hydrogen-bond acceptors (Lipinski definition) is 5. The molecule has 6 nitrogen and oxygen atoms in total. The van der Waals surface area contributed by atoms with Crippen molar-refractivity contribution >= 4 is 29.3 Å². The highest BCUT2D eigenvalue weighted by Crippen LogP contribution is 2.30. The van der Waals surface area contributed by atoms with Crippen LogP contribution in [-0.4, -0.2) is 17.6 Å². The number of phenols is 1. The van der Waals surface area contributed by atoms with Gasteiger partial charge in [-0.05, 0) is 72.7 Å². The van der Waals surface area contributed by atoms with Gasteiger partial charge in [0.2, 0.25) is 0 Å². The summed E-state index contributed by atoms with van der Waals surface area (Å²) in [6, 6.07) is 20.4. The van der Waals surface area contributed by atoms with Crippen molar-refractivity contribution < 1.29 is 19.4 Å². The van der Waals surface area contributed by atoms with Crippen LogP contribution >= 0.6 is 11.6 Å². The molecule has 0 aliphatic heterocycles. The monoisotopic (exact) mass is 448 g/mol. The van der Waals surface area contributed by atoms with Crippen LogP contribution in [0, 0.1) is 11.3 Å². The number of anilines is 1. The highest BCUT2D eigenvalue weighted by atomic mass is 35.5. The van der Waals surface area contributed by atoms with Gasteiger partial charge in [0, 0.05) is 10.7 Å². The summed E-state index contributed by atoms with van der Waals surface area (Å²) >= 11 is 5.91. The van der Waals surface area contributed by atoms with Crippen LogP contribution in [0.1, 0.15) is 18.1 Å². The van der Waals surface area contributed by atoms with E-state index in [1.54, 1.807) is 42.5 Å². The topological polar surface area (TPSA) is 91.6 Å². The molecule has 0 radical (unpaired) electrons. The number of rotatable bonds is 8. The van der Waals surface area contributed by atoms with Gasteiger partial charge in [-0.3, -0.25) is 4.79 Å². The van der Waals surface area contributed by atoms with Crippen LogP contribution in [0.5, 0.6) is 17.2 Å². The van der Waals surface area contributed by atoms with Gasteiger partial charge in [0.05, 0.1) is 6.61 Å². The number of halogens is 1. The molecule has 2 N–H and O–H groups in total. The quantitative estimate of drug-likeness (QED) is 0.267. The Balaban J connectivity index is 1.76. The number of amides is 1. The largest absolute Gasteiger partial charge is 0.508 e. The first-order valence-electron chi connectivity index (χ1n) is 9.84. The Morgan fingerprint density at radius 3 is 2.44 bits per heavy atom. The third-order valence-electron chi connectivity index (χ3n) is 4.38. The van der Waals surface area contributed by atoms with Crippen molar-refractivity contribution in [1.82, 2.24) is 0 Å². The molecule has 0 fully saturated rings. The molecule has 0 aromatic heterocycles. The average Bonchev–Trinajstić information content (AvgIpc) is 2.79. The SMILES string of the molecule is CCOc1cc(/C=C(/C#N)C(=O)Nc2ccc(O)cc2)ccc1OCc1ccc(Cl)cc1. The molecule has 0 saturated carbocycles. The third kappa shape index (κ3) is 6.27. The molecular formula is C25H21ClN2O4.